The number of rotatable bonds is 55. The first-order chi connectivity index (χ1) is 54.1. The first-order valence-corrected chi connectivity index (χ1v) is 38.6. The minimum Gasteiger partial charge on any atom is -0.481 e. The summed E-state index contributed by atoms with van der Waals surface area (Å²) in [6.07, 6.45) is -1.35. The highest BCUT2D eigenvalue weighted by Crippen LogP contribution is 2.21. The minimum atomic E-state index is -2.00. The van der Waals surface area contributed by atoms with E-state index < -0.39 is 254 Å². The number of H-pyrrole nitrogens is 1. The number of carboxylic acid groups (broad SMARTS) is 2. The molecule has 1 aliphatic heterocycles. The van der Waals surface area contributed by atoms with Crippen LogP contribution in [0.25, 0.3) is 0 Å². The lowest BCUT2D eigenvalue weighted by molar-refractivity contribution is -0.143. The fourth-order valence-corrected chi connectivity index (χ4v) is 12.0. The van der Waals surface area contributed by atoms with Crippen LogP contribution in [0, 0.1) is 17.8 Å². The van der Waals surface area contributed by atoms with Crippen LogP contribution in [-0.2, 0) is 92.7 Å². The van der Waals surface area contributed by atoms with Gasteiger partial charge in [0.25, 0.3) is 0 Å². The number of carbonyl (C=O) groups is 18. The number of unbranched alkanes of at least 4 members (excludes halogenated alkanes) is 2. The van der Waals surface area contributed by atoms with Gasteiger partial charge in [0.15, 0.2) is 0 Å². The van der Waals surface area contributed by atoms with Gasteiger partial charge in [-0.15, -0.1) is 0 Å². The number of nitrogens with one attached hydrogen (secondary N) is 14. The Labute approximate surface area is 670 Å². The maximum absolute atomic E-state index is 14.5. The second-order valence-electron chi connectivity index (χ2n) is 29.0. The molecule has 0 aliphatic carbocycles. The van der Waals surface area contributed by atoms with Gasteiger partial charge in [0.05, 0.1) is 38.5 Å². The maximum Gasteiger partial charge on any atom is 0.328 e. The molecule has 0 spiro atoms. The molecule has 115 heavy (non-hydrogen) atoms. The average molecular weight is 1650 g/mol. The molecule has 2 rings (SSSR count). The summed E-state index contributed by atoms with van der Waals surface area (Å²) < 4.78 is 0. The van der Waals surface area contributed by atoms with Crippen LogP contribution in [0.15, 0.2) is 12.5 Å². The van der Waals surface area contributed by atoms with Crippen molar-refractivity contribution in [3.63, 3.8) is 0 Å². The number of aromatic amines is 1. The summed E-state index contributed by atoms with van der Waals surface area (Å²) in [4.78, 5) is 252. The van der Waals surface area contributed by atoms with Crippen molar-refractivity contribution in [2.75, 3.05) is 38.6 Å². The van der Waals surface area contributed by atoms with Gasteiger partial charge in [-0.2, -0.15) is 12.6 Å². The number of carbonyl (C=O) groups excluding carboxylic acids is 16. The van der Waals surface area contributed by atoms with E-state index in [0.717, 1.165) is 18.7 Å². The molecular formula is C70H119N21O23S. The molecule has 1 aliphatic rings. The third-order valence-corrected chi connectivity index (χ3v) is 18.8. The van der Waals surface area contributed by atoms with E-state index >= 15 is 0 Å². The van der Waals surface area contributed by atoms with E-state index in [4.69, 9.17) is 28.7 Å². The van der Waals surface area contributed by atoms with E-state index in [-0.39, 0.29) is 95.5 Å². The smallest absolute Gasteiger partial charge is 0.328 e. The summed E-state index contributed by atoms with van der Waals surface area (Å²) in [6.45, 7) is 10.6. The van der Waals surface area contributed by atoms with Crippen LogP contribution in [-0.4, -0.2) is 282 Å². The van der Waals surface area contributed by atoms with E-state index in [1.165, 1.54) is 12.5 Å². The van der Waals surface area contributed by atoms with E-state index in [0.29, 0.717) is 18.5 Å². The molecule has 17 atom stereocenters. The number of thiol groups is 1. The molecule has 0 aromatic carbocycles. The number of primary amides is 2. The van der Waals surface area contributed by atoms with Crippen LogP contribution < -0.4 is 97.8 Å². The maximum atomic E-state index is 14.5. The number of aliphatic hydroxyl groups excluding tert-OH is 3. The van der Waals surface area contributed by atoms with Gasteiger partial charge in [0.2, 0.25) is 94.5 Å². The third kappa shape index (κ3) is 35.6. The molecular weight excluding hydrogens is 1530 g/mol. The van der Waals surface area contributed by atoms with E-state index in [1.807, 2.05) is 0 Å². The summed E-state index contributed by atoms with van der Waals surface area (Å²) in [6, 6.07) is -23.9. The van der Waals surface area contributed by atoms with Crippen LogP contribution in [0.1, 0.15) is 157 Å². The number of nitrogens with two attached hydrogens (primary N) is 5. The number of likely N-dealkylation sites (tertiary alicyclic amines) is 1. The molecule has 0 unspecified atom stereocenters. The Morgan fingerprint density at radius 3 is 1.43 bits per heavy atom. The first kappa shape index (κ1) is 101. The highest BCUT2D eigenvalue weighted by molar-refractivity contribution is 7.80. The SMILES string of the molecule is CC[C@H](C)[C@H](NC(=O)[C@H](CCCCN)NC(=O)[C@H](CCCCN)NC(=O)[C@H](CC(=O)O)NC(=O)[C@H](CC(C)C)NC(=O)[C@H](CC(N)=O)NC(=O)[C@H](C)NC(=O)[C@@H]1CCCN1C(=O)[C@H](CCC(N)=O)NC(=O)[C@@H](NC(=O)[C@H](CC(C)C)NC(=O)[C@H](Cc1cnc[nH]1)NC(=O)[C@@H](N)CO)[C@@H](C)O)C(=O)N[C@@H](CS)C(=O)N[C@@H](CO)C(=O)O. The molecule has 44 nitrogen and oxygen atoms in total. The number of aliphatic carboxylic acids is 2. The molecule has 16 amide bonds. The van der Waals surface area contributed by atoms with Crippen LogP contribution in [0.2, 0.25) is 0 Å². The Balaban J connectivity index is 2.42. The first-order valence-electron chi connectivity index (χ1n) is 38.0. The zero-order chi connectivity index (χ0) is 87.1. The van der Waals surface area contributed by atoms with Crippen molar-refractivity contribution in [2.24, 2.45) is 46.4 Å². The Kier molecular flexibility index (Phi) is 45.2. The third-order valence-electron chi connectivity index (χ3n) is 18.4. The summed E-state index contributed by atoms with van der Waals surface area (Å²) >= 11 is 4.10. The highest BCUT2D eigenvalue weighted by Gasteiger charge is 2.43. The molecule has 648 valence electrons. The second kappa shape index (κ2) is 51.6. The predicted molar refractivity (Wildman–Crippen MR) is 412 cm³/mol. The number of hydrogen-bond acceptors (Lipinski definition) is 26. The number of aromatic nitrogens is 2. The number of carboxylic acids is 2. The molecule has 0 saturated carbocycles. The van der Waals surface area contributed by atoms with Gasteiger partial charge >= 0.3 is 11.9 Å². The molecule has 1 aromatic heterocycles. The zero-order valence-electron chi connectivity index (χ0n) is 66.0. The summed E-state index contributed by atoms with van der Waals surface area (Å²) in [7, 11) is 0. The molecule has 29 N–H and O–H groups in total. The van der Waals surface area contributed by atoms with Crippen molar-refractivity contribution in [2.45, 2.75) is 255 Å². The molecule has 45 heteroatoms. The molecule has 1 fully saturated rings. The van der Waals surface area contributed by atoms with Crippen molar-refractivity contribution in [3.05, 3.63) is 18.2 Å². The Bertz CT molecular complexity index is 3470. The van der Waals surface area contributed by atoms with Crippen molar-refractivity contribution in [1.82, 2.24) is 84.0 Å². The lowest BCUT2D eigenvalue weighted by atomic mass is 9.97. The van der Waals surface area contributed by atoms with E-state index in [9.17, 15) is 112 Å². The highest BCUT2D eigenvalue weighted by atomic mass is 32.1. The lowest BCUT2D eigenvalue weighted by Gasteiger charge is -2.31. The molecule has 1 aromatic rings. The van der Waals surface area contributed by atoms with Gasteiger partial charge in [0, 0.05) is 37.0 Å². The van der Waals surface area contributed by atoms with Crippen molar-refractivity contribution < 1.29 is 112 Å². The van der Waals surface area contributed by atoms with E-state index in [2.05, 4.69) is 91.7 Å². The van der Waals surface area contributed by atoms with Gasteiger partial charge in [-0.3, -0.25) is 81.5 Å². The van der Waals surface area contributed by atoms with Crippen molar-refractivity contribution in [1.29, 1.82) is 0 Å². The summed E-state index contributed by atoms with van der Waals surface area (Å²) in [5.74, 6) is -21.5. The predicted octanol–water partition coefficient (Wildman–Crippen LogP) is -9.02. The van der Waals surface area contributed by atoms with E-state index in [1.54, 1.807) is 41.5 Å². The zero-order valence-corrected chi connectivity index (χ0v) is 66.9. The van der Waals surface area contributed by atoms with Gasteiger partial charge < -0.3 is 133 Å². The molecule has 1 saturated heterocycles. The van der Waals surface area contributed by atoms with Crippen molar-refractivity contribution in [3.8, 4) is 0 Å². The minimum absolute atomic E-state index is 0.0366. The quantitative estimate of drug-likeness (QED) is 0.0213. The number of hydrogen-bond donors (Lipinski definition) is 25. The Hall–Kier alpha value is -10.2. The molecule has 0 bridgehead atoms. The Morgan fingerprint density at radius 2 is 0.965 bits per heavy atom. The standard InChI is InChI=1S/C70H119N21O23S/c1-9-35(6)54(67(110)88-49(31-115)65(108)87-48(30-93)70(113)114)89-59(102)41(16-11-13-21-72)79-58(101)40(15-10-12-20-71)80-63(106)47(27-53(97)98)86-60(103)43(23-33(2)3)84-62(105)46(26-52(75)96)82-56(99)36(7)78-66(109)50-17-14-22-91(50)69(112)42(18-19-51(74)95)81-68(111)55(37(8)94)90-64(107)44(24-34(4)5)85-61(104)45(25-38-28-76-32-77-38)83-57(100)39(73)29-92/h28,32-37,39-50,54-55,92-94,115H,9-27,29-31,71-73H2,1-8H3,(H2,74,95)(H2,75,96)(H,76,77)(H,78,109)(H,79,101)(H,80,106)(H,81,111)(H,82,99)(H,83,100)(H,84,105)(H,85,104)(H,86,103)(H,87,108)(H,88,110)(H,89,102)(H,90,107)(H,97,98)(H,113,114)/t35-,36-,37+,39-,40-,41-,42-,43-,44-,45-,46-,47-,48-,49-,50-,54-,55-/m0/s1. The number of amides is 16. The average Bonchev–Trinajstić information content (AvgIpc) is 1.73. The second-order valence-corrected chi connectivity index (χ2v) is 29.4. The molecule has 0 radical (unpaired) electrons. The van der Waals surface area contributed by atoms with Gasteiger partial charge in [0.1, 0.15) is 90.6 Å². The number of aliphatic hydroxyl groups is 3. The van der Waals surface area contributed by atoms with Gasteiger partial charge in [-0.05, 0) is 115 Å². The fourth-order valence-electron chi connectivity index (χ4n) is 11.8. The van der Waals surface area contributed by atoms with Crippen LogP contribution in [0.3, 0.4) is 0 Å². The topological polar surface area (TPSA) is 727 Å². The van der Waals surface area contributed by atoms with Crippen LogP contribution in [0.4, 0.5) is 0 Å². The van der Waals surface area contributed by atoms with Crippen LogP contribution in [0.5, 0.6) is 0 Å². The van der Waals surface area contributed by atoms with Gasteiger partial charge in [-0.25, -0.2) is 9.78 Å². The Morgan fingerprint density at radius 1 is 0.522 bits per heavy atom. The summed E-state index contributed by atoms with van der Waals surface area (Å²) in [5.41, 5.74) is 28.6. The normalized spacial score (nSPS) is 16.8. The summed E-state index contributed by atoms with van der Waals surface area (Å²) in [5, 5.41) is 80.6. The van der Waals surface area contributed by atoms with Crippen LogP contribution >= 0.6 is 12.6 Å². The monoisotopic (exact) mass is 1650 g/mol. The fraction of sp³-hybridized carbons (Fsp3) is 0.700. The largest absolute Gasteiger partial charge is 0.481 e. The number of nitrogens with zero attached hydrogens (tertiary/aromatic N) is 2. The number of imidazole rings is 1. The molecule has 2 heterocycles. The van der Waals surface area contributed by atoms with Crippen molar-refractivity contribution >= 4 is 119 Å². The van der Waals surface area contributed by atoms with Gasteiger partial charge in [-0.1, -0.05) is 48.0 Å². The lowest BCUT2D eigenvalue weighted by Crippen LogP contribution is -2.62.